The second-order valence-corrected chi connectivity index (χ2v) is 8.44. The minimum absolute atomic E-state index is 0.0851. The zero-order valence-corrected chi connectivity index (χ0v) is 18.3. The first-order chi connectivity index (χ1) is 15.4. The van der Waals surface area contributed by atoms with Crippen LogP contribution in [0.15, 0.2) is 18.2 Å². The Morgan fingerprint density at radius 3 is 2.50 bits per heavy atom. The largest absolute Gasteiger partial charge is 0.456 e. The lowest BCUT2D eigenvalue weighted by molar-refractivity contribution is -0.0689. The van der Waals surface area contributed by atoms with E-state index in [1.807, 2.05) is 6.92 Å². The van der Waals surface area contributed by atoms with Crippen LogP contribution >= 0.6 is 0 Å². The van der Waals surface area contributed by atoms with Gasteiger partial charge in [0.15, 0.2) is 23.1 Å². The highest BCUT2D eigenvalue weighted by Gasteiger charge is 2.32. The number of ether oxygens (including phenoxy) is 3. The van der Waals surface area contributed by atoms with E-state index in [-0.39, 0.29) is 36.2 Å². The molecule has 2 heterocycles. The van der Waals surface area contributed by atoms with Gasteiger partial charge in [0.25, 0.3) is 0 Å². The van der Waals surface area contributed by atoms with Crippen LogP contribution in [0.4, 0.5) is 13.2 Å². The van der Waals surface area contributed by atoms with Crippen LogP contribution in [-0.2, 0) is 22.3 Å². The molecule has 4 rings (SSSR count). The molecule has 2 unspecified atom stereocenters. The van der Waals surface area contributed by atoms with Crippen molar-refractivity contribution in [3.05, 3.63) is 57.9 Å². The Bertz CT molecular complexity index is 1010. The maximum absolute atomic E-state index is 14.8. The van der Waals surface area contributed by atoms with Crippen molar-refractivity contribution in [1.82, 2.24) is 0 Å². The van der Waals surface area contributed by atoms with Crippen LogP contribution < -0.4 is 4.74 Å². The van der Waals surface area contributed by atoms with E-state index in [1.54, 1.807) is 12.1 Å². The van der Waals surface area contributed by atoms with Gasteiger partial charge in [-0.3, -0.25) is 0 Å². The molecule has 1 saturated heterocycles. The van der Waals surface area contributed by atoms with Gasteiger partial charge < -0.3 is 14.2 Å². The van der Waals surface area contributed by atoms with Crippen LogP contribution in [0.3, 0.4) is 0 Å². The SMILES string of the molecule is CCCc1ccc2c(c1F)Oc1c(cc(C(=O)OC3CCC(CCC)OC3)c(F)c1F)C2. The molecule has 0 saturated carbocycles. The first kappa shape index (κ1) is 22.6. The summed E-state index contributed by atoms with van der Waals surface area (Å²) < 4.78 is 60.9. The van der Waals surface area contributed by atoms with Crippen molar-refractivity contribution in [1.29, 1.82) is 0 Å². The van der Waals surface area contributed by atoms with Crippen molar-refractivity contribution >= 4 is 5.97 Å². The Hall–Kier alpha value is -2.54. The summed E-state index contributed by atoms with van der Waals surface area (Å²) in [5, 5.41) is 0. The fourth-order valence-corrected chi connectivity index (χ4v) is 4.35. The molecule has 7 heteroatoms. The predicted molar refractivity (Wildman–Crippen MR) is 113 cm³/mol. The highest BCUT2D eigenvalue weighted by Crippen LogP contribution is 2.42. The van der Waals surface area contributed by atoms with E-state index in [4.69, 9.17) is 14.2 Å². The second kappa shape index (κ2) is 9.53. The summed E-state index contributed by atoms with van der Waals surface area (Å²) in [7, 11) is 0. The van der Waals surface area contributed by atoms with Crippen molar-refractivity contribution in [3.63, 3.8) is 0 Å². The molecule has 2 aromatic carbocycles. The van der Waals surface area contributed by atoms with Gasteiger partial charge in [0.05, 0.1) is 18.3 Å². The summed E-state index contributed by atoms with van der Waals surface area (Å²) in [4.78, 5) is 12.6. The smallest absolute Gasteiger partial charge is 0.341 e. The van der Waals surface area contributed by atoms with Crippen LogP contribution in [0.25, 0.3) is 0 Å². The number of benzene rings is 2. The van der Waals surface area contributed by atoms with Gasteiger partial charge in [0, 0.05) is 17.5 Å². The number of hydrogen-bond acceptors (Lipinski definition) is 4. The number of carbonyl (C=O) groups excluding carboxylic acids is 1. The first-order valence-corrected chi connectivity index (χ1v) is 11.2. The minimum Gasteiger partial charge on any atom is -0.456 e. The Balaban J connectivity index is 1.54. The van der Waals surface area contributed by atoms with Crippen molar-refractivity contribution in [2.45, 2.75) is 71.0 Å². The standard InChI is InChI=1S/C25H27F3O4/c1-3-5-14-7-8-15-11-16-12-19(21(27)22(28)24(16)32-23(15)20(14)26)25(29)31-18-10-9-17(6-4-2)30-13-18/h7-8,12,17-18H,3-6,9-11,13H2,1-2H3. The van der Waals surface area contributed by atoms with Crippen molar-refractivity contribution < 1.29 is 32.2 Å². The second-order valence-electron chi connectivity index (χ2n) is 8.44. The summed E-state index contributed by atoms with van der Waals surface area (Å²) in [5.41, 5.74) is 0.760. The summed E-state index contributed by atoms with van der Waals surface area (Å²) in [5.74, 6) is -4.65. The molecule has 0 aromatic heterocycles. The average Bonchev–Trinajstić information content (AvgIpc) is 2.79. The number of halogens is 3. The lowest BCUT2D eigenvalue weighted by Gasteiger charge is -2.29. The van der Waals surface area contributed by atoms with Crippen LogP contribution in [0, 0.1) is 17.5 Å². The van der Waals surface area contributed by atoms with Crippen LogP contribution in [-0.4, -0.2) is 24.8 Å². The van der Waals surface area contributed by atoms with Gasteiger partial charge in [-0.05, 0) is 37.3 Å². The molecule has 0 bridgehead atoms. The highest BCUT2D eigenvalue weighted by molar-refractivity contribution is 5.90. The Labute approximate surface area is 185 Å². The van der Waals surface area contributed by atoms with Gasteiger partial charge in [-0.25, -0.2) is 13.6 Å². The summed E-state index contributed by atoms with van der Waals surface area (Å²) in [6, 6.07) is 4.63. The Morgan fingerprint density at radius 2 is 1.81 bits per heavy atom. The van der Waals surface area contributed by atoms with E-state index in [0.29, 0.717) is 24.0 Å². The maximum atomic E-state index is 14.8. The molecule has 172 valence electrons. The quantitative estimate of drug-likeness (QED) is 0.418. The van der Waals surface area contributed by atoms with E-state index in [2.05, 4.69) is 6.92 Å². The van der Waals surface area contributed by atoms with E-state index in [9.17, 15) is 18.0 Å². The van der Waals surface area contributed by atoms with Gasteiger partial charge in [-0.15, -0.1) is 0 Å². The van der Waals surface area contributed by atoms with Gasteiger partial charge in [0.2, 0.25) is 5.82 Å². The van der Waals surface area contributed by atoms with Gasteiger partial charge in [0.1, 0.15) is 6.10 Å². The van der Waals surface area contributed by atoms with Gasteiger partial charge in [-0.1, -0.05) is 38.8 Å². The molecule has 0 radical (unpaired) electrons. The highest BCUT2D eigenvalue weighted by atomic mass is 19.2. The molecular weight excluding hydrogens is 421 g/mol. The molecule has 2 aliphatic heterocycles. The van der Waals surface area contributed by atoms with Crippen LogP contribution in [0.1, 0.15) is 73.0 Å². The zero-order valence-electron chi connectivity index (χ0n) is 18.3. The normalized spacial score (nSPS) is 19.7. The summed E-state index contributed by atoms with van der Waals surface area (Å²) >= 11 is 0. The Kier molecular flexibility index (Phi) is 6.74. The molecule has 32 heavy (non-hydrogen) atoms. The molecule has 2 atom stereocenters. The topological polar surface area (TPSA) is 44.8 Å². The van der Waals surface area contributed by atoms with Crippen molar-refractivity contribution in [2.24, 2.45) is 0 Å². The van der Waals surface area contributed by atoms with E-state index in [0.717, 1.165) is 25.7 Å². The number of hydrogen-bond donors (Lipinski definition) is 0. The molecule has 2 aliphatic rings. The number of fused-ring (bicyclic) bond motifs is 2. The Morgan fingerprint density at radius 1 is 1.03 bits per heavy atom. The molecule has 0 N–H and O–H groups in total. The van der Waals surface area contributed by atoms with Crippen LogP contribution in [0.5, 0.6) is 11.5 Å². The summed E-state index contributed by atoms with van der Waals surface area (Å²) in [6.45, 7) is 4.23. The fraction of sp³-hybridized carbons (Fsp3) is 0.480. The maximum Gasteiger partial charge on any atom is 0.341 e. The third kappa shape index (κ3) is 4.35. The molecule has 1 fully saturated rings. The van der Waals surface area contributed by atoms with Crippen molar-refractivity contribution in [2.75, 3.05) is 6.61 Å². The number of carbonyl (C=O) groups is 1. The van der Waals surface area contributed by atoms with Crippen molar-refractivity contribution in [3.8, 4) is 11.5 Å². The molecule has 4 nitrogen and oxygen atoms in total. The summed E-state index contributed by atoms with van der Waals surface area (Å²) in [6.07, 6.45) is 4.33. The third-order valence-corrected chi connectivity index (χ3v) is 6.03. The number of esters is 1. The third-order valence-electron chi connectivity index (χ3n) is 6.03. The van der Waals surface area contributed by atoms with E-state index >= 15 is 0 Å². The molecule has 2 aromatic rings. The molecule has 0 amide bonds. The monoisotopic (exact) mass is 448 g/mol. The number of rotatable bonds is 6. The predicted octanol–water partition coefficient (Wildman–Crippen LogP) is 6.26. The lowest BCUT2D eigenvalue weighted by atomic mass is 9.95. The van der Waals surface area contributed by atoms with E-state index < -0.39 is 35.1 Å². The molecular formula is C25H27F3O4. The van der Waals surface area contributed by atoms with E-state index in [1.165, 1.54) is 6.07 Å². The first-order valence-electron chi connectivity index (χ1n) is 11.2. The average molecular weight is 448 g/mol. The molecule has 0 aliphatic carbocycles. The van der Waals surface area contributed by atoms with Crippen LogP contribution in [0.2, 0.25) is 0 Å². The minimum atomic E-state index is -1.36. The zero-order chi connectivity index (χ0) is 22.8. The van der Waals surface area contributed by atoms with Gasteiger partial charge in [-0.2, -0.15) is 4.39 Å². The fourth-order valence-electron chi connectivity index (χ4n) is 4.35. The van der Waals surface area contributed by atoms with Gasteiger partial charge >= 0.3 is 5.97 Å². The molecule has 0 spiro atoms. The lowest BCUT2D eigenvalue weighted by Crippen LogP contribution is -2.33. The number of aryl methyl sites for hydroxylation is 1.